The van der Waals surface area contributed by atoms with Gasteiger partial charge in [-0.05, 0) is 18.6 Å². The highest BCUT2D eigenvalue weighted by molar-refractivity contribution is 8.76. The zero-order valence-electron chi connectivity index (χ0n) is 11.7. The van der Waals surface area contributed by atoms with Gasteiger partial charge in [0.2, 0.25) is 0 Å². The second-order valence-corrected chi connectivity index (χ2v) is 6.94. The van der Waals surface area contributed by atoms with E-state index in [1.165, 1.54) is 6.92 Å². The number of hydrogen-bond donors (Lipinski definition) is 1. The van der Waals surface area contributed by atoms with Crippen LogP contribution in [-0.2, 0) is 9.59 Å². The number of esters is 1. The molecule has 0 radical (unpaired) electrons. The SMILES string of the molecule is CCSSc1cccc(C)c1OC(=O)C[C@H](C)C(=O)O. The molecule has 0 bridgehead atoms. The van der Waals surface area contributed by atoms with E-state index in [-0.39, 0.29) is 6.42 Å². The first kappa shape index (κ1) is 16.9. The number of para-hydroxylation sites is 1. The number of aliphatic carboxylic acids is 1. The lowest BCUT2D eigenvalue weighted by molar-refractivity contribution is -0.146. The molecule has 1 atom stereocenters. The number of carboxylic acids is 1. The molecular formula is C14H18O4S2. The summed E-state index contributed by atoms with van der Waals surface area (Å²) in [5, 5.41) is 8.81. The van der Waals surface area contributed by atoms with Crippen molar-refractivity contribution >= 4 is 33.5 Å². The molecular weight excluding hydrogens is 296 g/mol. The van der Waals surface area contributed by atoms with Gasteiger partial charge in [-0.2, -0.15) is 0 Å². The third-order valence-electron chi connectivity index (χ3n) is 2.55. The summed E-state index contributed by atoms with van der Waals surface area (Å²) in [4.78, 5) is 23.4. The Morgan fingerprint density at radius 3 is 2.70 bits per heavy atom. The van der Waals surface area contributed by atoms with Crippen molar-refractivity contribution < 1.29 is 19.4 Å². The summed E-state index contributed by atoms with van der Waals surface area (Å²) < 4.78 is 5.36. The van der Waals surface area contributed by atoms with Gasteiger partial charge in [-0.1, -0.05) is 47.6 Å². The van der Waals surface area contributed by atoms with E-state index in [0.29, 0.717) is 5.75 Å². The Balaban J connectivity index is 2.80. The van der Waals surface area contributed by atoms with E-state index in [0.717, 1.165) is 16.2 Å². The van der Waals surface area contributed by atoms with E-state index < -0.39 is 17.9 Å². The standard InChI is InChI=1S/C14H18O4S2/c1-4-19-20-11-7-5-6-9(2)13(11)18-12(15)8-10(3)14(16)17/h5-7,10H,4,8H2,1-3H3,(H,16,17)/t10-/m0/s1. The zero-order valence-corrected chi connectivity index (χ0v) is 13.3. The average molecular weight is 314 g/mol. The molecule has 0 spiro atoms. The minimum absolute atomic E-state index is 0.130. The van der Waals surface area contributed by atoms with Crippen LogP contribution in [0.25, 0.3) is 0 Å². The molecule has 0 aromatic heterocycles. The molecule has 20 heavy (non-hydrogen) atoms. The van der Waals surface area contributed by atoms with E-state index in [1.807, 2.05) is 32.0 Å². The summed E-state index contributed by atoms with van der Waals surface area (Å²) in [6.45, 7) is 5.40. The van der Waals surface area contributed by atoms with E-state index >= 15 is 0 Å². The van der Waals surface area contributed by atoms with Crippen molar-refractivity contribution in [2.75, 3.05) is 5.75 Å². The van der Waals surface area contributed by atoms with Crippen molar-refractivity contribution in [1.82, 2.24) is 0 Å². The molecule has 0 saturated heterocycles. The fourth-order valence-electron chi connectivity index (χ4n) is 1.44. The van der Waals surface area contributed by atoms with Crippen LogP contribution in [0, 0.1) is 12.8 Å². The summed E-state index contributed by atoms with van der Waals surface area (Å²) in [5.74, 6) is -0.781. The first-order chi connectivity index (χ1) is 9.45. The van der Waals surface area contributed by atoms with Gasteiger partial charge in [0.1, 0.15) is 5.75 Å². The third kappa shape index (κ3) is 5.09. The number of aryl methyl sites for hydroxylation is 1. The summed E-state index contributed by atoms with van der Waals surface area (Å²) in [7, 11) is 3.21. The second-order valence-electron chi connectivity index (χ2n) is 4.31. The van der Waals surface area contributed by atoms with Crippen LogP contribution < -0.4 is 4.74 Å². The fourth-order valence-corrected chi connectivity index (χ4v) is 3.22. The Morgan fingerprint density at radius 1 is 1.40 bits per heavy atom. The van der Waals surface area contributed by atoms with Gasteiger partial charge >= 0.3 is 11.9 Å². The molecule has 0 unspecified atom stereocenters. The quantitative estimate of drug-likeness (QED) is 0.469. The number of benzene rings is 1. The van der Waals surface area contributed by atoms with Crippen LogP contribution >= 0.6 is 21.6 Å². The number of carbonyl (C=O) groups is 2. The van der Waals surface area contributed by atoms with Gasteiger partial charge in [0.25, 0.3) is 0 Å². The van der Waals surface area contributed by atoms with Gasteiger partial charge in [-0.25, -0.2) is 0 Å². The molecule has 0 aliphatic carbocycles. The Hall–Kier alpha value is -1.14. The van der Waals surface area contributed by atoms with Crippen molar-refractivity contribution in [3.05, 3.63) is 23.8 Å². The van der Waals surface area contributed by atoms with Crippen LogP contribution in [0.1, 0.15) is 25.8 Å². The summed E-state index contributed by atoms with van der Waals surface area (Å²) in [6, 6.07) is 5.67. The topological polar surface area (TPSA) is 63.6 Å². The molecule has 1 aromatic carbocycles. The Kier molecular flexibility index (Phi) is 6.95. The minimum Gasteiger partial charge on any atom is -0.481 e. The molecule has 4 nitrogen and oxygen atoms in total. The normalized spacial score (nSPS) is 11.9. The lowest BCUT2D eigenvalue weighted by Gasteiger charge is -2.12. The van der Waals surface area contributed by atoms with Crippen LogP contribution in [-0.4, -0.2) is 22.8 Å². The number of rotatable bonds is 7. The van der Waals surface area contributed by atoms with Crippen LogP contribution in [0.4, 0.5) is 0 Å². The fraction of sp³-hybridized carbons (Fsp3) is 0.429. The Bertz CT molecular complexity index is 488. The highest BCUT2D eigenvalue weighted by Crippen LogP contribution is 2.39. The molecule has 110 valence electrons. The van der Waals surface area contributed by atoms with Crippen molar-refractivity contribution in [1.29, 1.82) is 0 Å². The lowest BCUT2D eigenvalue weighted by atomic mass is 10.1. The van der Waals surface area contributed by atoms with Gasteiger partial charge in [0, 0.05) is 5.75 Å². The van der Waals surface area contributed by atoms with E-state index in [1.54, 1.807) is 21.6 Å². The second kappa shape index (κ2) is 8.21. The number of hydrogen-bond acceptors (Lipinski definition) is 5. The number of ether oxygens (including phenoxy) is 1. The van der Waals surface area contributed by atoms with E-state index in [4.69, 9.17) is 9.84 Å². The molecule has 0 amide bonds. The van der Waals surface area contributed by atoms with Crippen LogP contribution in [0.15, 0.2) is 23.1 Å². The Morgan fingerprint density at radius 2 is 2.10 bits per heavy atom. The van der Waals surface area contributed by atoms with E-state index in [2.05, 4.69) is 0 Å². The molecule has 0 aliphatic heterocycles. The highest BCUT2D eigenvalue weighted by atomic mass is 33.1. The molecule has 0 fully saturated rings. The summed E-state index contributed by atoms with van der Waals surface area (Å²) >= 11 is 0. The number of carbonyl (C=O) groups excluding carboxylic acids is 1. The summed E-state index contributed by atoms with van der Waals surface area (Å²) in [6.07, 6.45) is -0.130. The van der Waals surface area contributed by atoms with Crippen LogP contribution in [0.3, 0.4) is 0 Å². The molecule has 1 rings (SSSR count). The van der Waals surface area contributed by atoms with Gasteiger partial charge in [0.05, 0.1) is 17.2 Å². The number of carboxylic acid groups (broad SMARTS) is 1. The molecule has 6 heteroatoms. The molecule has 1 aromatic rings. The van der Waals surface area contributed by atoms with Gasteiger partial charge in [-0.3, -0.25) is 9.59 Å². The molecule has 0 aliphatic rings. The Labute approximate surface area is 126 Å². The van der Waals surface area contributed by atoms with Gasteiger partial charge in [0.15, 0.2) is 0 Å². The van der Waals surface area contributed by atoms with Crippen LogP contribution in [0.2, 0.25) is 0 Å². The van der Waals surface area contributed by atoms with Gasteiger partial charge in [-0.15, -0.1) is 0 Å². The van der Waals surface area contributed by atoms with Crippen molar-refractivity contribution in [3.63, 3.8) is 0 Å². The molecule has 0 saturated carbocycles. The highest BCUT2D eigenvalue weighted by Gasteiger charge is 2.19. The predicted molar refractivity (Wildman–Crippen MR) is 82.2 cm³/mol. The first-order valence-corrected chi connectivity index (χ1v) is 8.60. The van der Waals surface area contributed by atoms with Crippen molar-refractivity contribution in [2.45, 2.75) is 32.1 Å². The van der Waals surface area contributed by atoms with Crippen molar-refractivity contribution in [3.8, 4) is 5.75 Å². The zero-order chi connectivity index (χ0) is 15.1. The summed E-state index contributed by atoms with van der Waals surface area (Å²) in [5.41, 5.74) is 0.864. The first-order valence-electron chi connectivity index (χ1n) is 6.28. The molecule has 0 heterocycles. The maximum atomic E-state index is 11.8. The van der Waals surface area contributed by atoms with E-state index in [9.17, 15) is 9.59 Å². The largest absolute Gasteiger partial charge is 0.481 e. The predicted octanol–water partition coefficient (Wildman–Crippen LogP) is 3.77. The monoisotopic (exact) mass is 314 g/mol. The lowest BCUT2D eigenvalue weighted by Crippen LogP contribution is -2.18. The third-order valence-corrected chi connectivity index (χ3v) is 5.01. The average Bonchev–Trinajstić information content (AvgIpc) is 2.39. The maximum Gasteiger partial charge on any atom is 0.312 e. The molecule has 1 N–H and O–H groups in total. The van der Waals surface area contributed by atoms with Crippen molar-refractivity contribution in [2.24, 2.45) is 5.92 Å². The van der Waals surface area contributed by atoms with Gasteiger partial charge < -0.3 is 9.84 Å². The van der Waals surface area contributed by atoms with Crippen LogP contribution in [0.5, 0.6) is 5.75 Å². The smallest absolute Gasteiger partial charge is 0.312 e. The maximum absolute atomic E-state index is 11.8. The minimum atomic E-state index is -0.997.